The molecule has 0 aliphatic carbocycles. The fourth-order valence-electron chi connectivity index (χ4n) is 6.13. The fourth-order valence-corrected chi connectivity index (χ4v) is 6.13. The summed E-state index contributed by atoms with van der Waals surface area (Å²) < 4.78 is 58.0. The van der Waals surface area contributed by atoms with E-state index in [1.807, 2.05) is 30.3 Å². The number of piperidine rings is 2. The summed E-state index contributed by atoms with van der Waals surface area (Å²) in [4.78, 5) is 36.7. The van der Waals surface area contributed by atoms with Gasteiger partial charge in [-0.1, -0.05) is 36.4 Å². The van der Waals surface area contributed by atoms with Gasteiger partial charge in [0.15, 0.2) is 5.69 Å². The summed E-state index contributed by atoms with van der Waals surface area (Å²) in [7, 11) is 1.33. The van der Waals surface area contributed by atoms with E-state index in [-0.39, 0.29) is 11.7 Å². The van der Waals surface area contributed by atoms with Gasteiger partial charge in [-0.2, -0.15) is 18.2 Å². The van der Waals surface area contributed by atoms with Crippen LogP contribution in [0.25, 0.3) is 0 Å². The second-order valence-electron chi connectivity index (χ2n) is 12.0. The summed E-state index contributed by atoms with van der Waals surface area (Å²) in [5.41, 5.74) is 0.497. The predicted octanol–water partition coefficient (Wildman–Crippen LogP) is 6.81. The van der Waals surface area contributed by atoms with Crippen molar-refractivity contribution in [3.05, 3.63) is 95.5 Å². The molecule has 10 nitrogen and oxygen atoms in total. The van der Waals surface area contributed by atoms with Crippen LogP contribution in [-0.4, -0.2) is 61.7 Å². The van der Waals surface area contributed by atoms with Crippen molar-refractivity contribution in [2.45, 2.75) is 37.8 Å². The number of carbonyl (C=O) groups is 2. The topological polar surface area (TPSA) is 110 Å². The van der Waals surface area contributed by atoms with Gasteiger partial charge in [0.2, 0.25) is 5.76 Å². The van der Waals surface area contributed by atoms with Crippen molar-refractivity contribution in [2.24, 2.45) is 5.92 Å². The number of anilines is 3. The van der Waals surface area contributed by atoms with Crippen LogP contribution in [0.1, 0.15) is 63.8 Å². The Kier molecular flexibility index (Phi) is 9.83. The molecule has 2 fully saturated rings. The minimum atomic E-state index is -4.87. The molecule has 0 radical (unpaired) electrons. The van der Waals surface area contributed by atoms with Crippen LogP contribution in [-0.2, 0) is 10.9 Å². The van der Waals surface area contributed by atoms with Crippen LogP contribution in [0.15, 0.2) is 77.3 Å². The van der Waals surface area contributed by atoms with E-state index in [1.54, 1.807) is 41.3 Å². The molecule has 2 aromatic heterocycles. The maximum absolute atomic E-state index is 13.9. The Morgan fingerprint density at radius 2 is 1.67 bits per heavy atom. The first-order chi connectivity index (χ1) is 23.2. The van der Waals surface area contributed by atoms with Crippen molar-refractivity contribution in [3.8, 4) is 5.75 Å². The number of alkyl halides is 3. The molecule has 0 spiro atoms. The minimum absolute atomic E-state index is 0.212. The normalized spacial score (nSPS) is 16.1. The average Bonchev–Trinajstić information content (AvgIpc) is 3.59. The highest BCUT2D eigenvalue weighted by molar-refractivity contribution is 6.03. The number of halogens is 3. The van der Waals surface area contributed by atoms with E-state index >= 15 is 0 Å². The van der Waals surface area contributed by atoms with Crippen LogP contribution in [0.5, 0.6) is 5.75 Å². The number of hydrogen-bond acceptors (Lipinski definition) is 9. The highest BCUT2D eigenvalue weighted by atomic mass is 19.4. The summed E-state index contributed by atoms with van der Waals surface area (Å²) in [6, 6.07) is 20.0. The zero-order chi connectivity index (χ0) is 33.7. The van der Waals surface area contributed by atoms with Crippen molar-refractivity contribution in [1.29, 1.82) is 0 Å². The first kappa shape index (κ1) is 32.9. The smallest absolute Gasteiger partial charge is 0.437 e. The molecule has 2 saturated heterocycles. The van der Waals surface area contributed by atoms with Gasteiger partial charge in [0.05, 0.1) is 31.2 Å². The highest BCUT2D eigenvalue weighted by Crippen LogP contribution is 2.36. The van der Waals surface area contributed by atoms with Crippen LogP contribution < -0.4 is 19.9 Å². The lowest BCUT2D eigenvalue weighted by Crippen LogP contribution is -2.36. The molecule has 4 heterocycles. The van der Waals surface area contributed by atoms with Gasteiger partial charge in [-0.05, 0) is 73.4 Å². The van der Waals surface area contributed by atoms with Crippen molar-refractivity contribution in [3.63, 3.8) is 0 Å². The van der Waals surface area contributed by atoms with Crippen LogP contribution in [0, 0.1) is 5.92 Å². The second kappa shape index (κ2) is 14.4. The lowest BCUT2D eigenvalue weighted by molar-refractivity contribution is -0.141. The van der Waals surface area contributed by atoms with Gasteiger partial charge >= 0.3 is 12.1 Å². The van der Waals surface area contributed by atoms with Gasteiger partial charge in [0.1, 0.15) is 11.6 Å². The lowest BCUT2D eigenvalue weighted by Gasteiger charge is -2.32. The molecule has 48 heavy (non-hydrogen) atoms. The monoisotopic (exact) mass is 663 g/mol. The summed E-state index contributed by atoms with van der Waals surface area (Å²) in [5, 5.41) is 2.48. The Morgan fingerprint density at radius 3 is 2.33 bits per heavy atom. The number of pyridine rings is 1. The number of carbonyl (C=O) groups excluding carboxylic acids is 2. The molecule has 2 aliphatic heterocycles. The molecule has 2 aromatic carbocycles. The summed E-state index contributed by atoms with van der Waals surface area (Å²) in [6.45, 7) is 2.88. The van der Waals surface area contributed by atoms with Gasteiger partial charge in [-0.3, -0.25) is 4.79 Å². The molecule has 0 atom stereocenters. The molecule has 1 N–H and O–H groups in total. The van der Waals surface area contributed by atoms with E-state index in [0.29, 0.717) is 48.7 Å². The Morgan fingerprint density at radius 1 is 0.938 bits per heavy atom. The minimum Gasteiger partial charge on any atom is -0.493 e. The molecule has 13 heteroatoms. The molecule has 0 saturated carbocycles. The van der Waals surface area contributed by atoms with Crippen molar-refractivity contribution >= 4 is 29.4 Å². The molecule has 1 amide bonds. The molecule has 2 aliphatic rings. The number of oxazole rings is 1. The van der Waals surface area contributed by atoms with E-state index in [2.05, 4.69) is 20.2 Å². The summed E-state index contributed by atoms with van der Waals surface area (Å²) in [5.74, 6) is -0.452. The van der Waals surface area contributed by atoms with E-state index in [4.69, 9.17) is 13.9 Å². The highest BCUT2D eigenvalue weighted by Gasteiger charge is 2.42. The fraction of sp³-hybridized carbons (Fsp3) is 0.371. The van der Waals surface area contributed by atoms with Crippen molar-refractivity contribution in [1.82, 2.24) is 9.97 Å². The van der Waals surface area contributed by atoms with Gasteiger partial charge in [0, 0.05) is 26.2 Å². The van der Waals surface area contributed by atoms with Crippen LogP contribution >= 0.6 is 0 Å². The molecule has 0 unspecified atom stereocenters. The van der Waals surface area contributed by atoms with Gasteiger partial charge in [-0.15, -0.1) is 0 Å². The van der Waals surface area contributed by atoms with Gasteiger partial charge < -0.3 is 29.0 Å². The third-order valence-electron chi connectivity index (χ3n) is 8.81. The number of esters is 1. The number of rotatable bonds is 9. The SMILES string of the molecule is COC(=O)c1cccc(OCC2CCN(c3ccc(NC(=O)c4oc(N5CCC(c6ccccc6)CC5)nc4C(F)(F)F)cn3)CC2)c1. The molecule has 252 valence electrons. The van der Waals surface area contributed by atoms with E-state index in [1.165, 1.54) is 18.9 Å². The number of ether oxygens (including phenoxy) is 2. The van der Waals surface area contributed by atoms with Gasteiger partial charge in [0.25, 0.3) is 11.9 Å². The largest absolute Gasteiger partial charge is 0.493 e. The average molecular weight is 664 g/mol. The number of nitrogens with one attached hydrogen (secondary N) is 1. The maximum atomic E-state index is 13.9. The van der Waals surface area contributed by atoms with Crippen LogP contribution in [0.3, 0.4) is 0 Å². The van der Waals surface area contributed by atoms with Crippen molar-refractivity contribution in [2.75, 3.05) is 55.0 Å². The number of hydrogen-bond donors (Lipinski definition) is 1. The lowest BCUT2D eigenvalue weighted by atomic mass is 9.90. The molecular weight excluding hydrogens is 627 g/mol. The third-order valence-corrected chi connectivity index (χ3v) is 8.81. The Labute approximate surface area is 275 Å². The molecular formula is C35H36F3N5O5. The molecule has 0 bridgehead atoms. The Bertz CT molecular complexity index is 1700. The standard InChI is InChI=1S/C35H36F3N5O5/c1-46-33(45)26-8-5-9-28(20-26)47-22-23-12-16-42(17-13-23)29-11-10-27(21-39-29)40-32(44)30-31(35(36,37)38)41-34(48-30)43-18-14-25(15-19-43)24-6-3-2-4-7-24/h2-11,20-21,23,25H,12-19,22H2,1H3,(H,40,44). The zero-order valence-corrected chi connectivity index (χ0v) is 26.4. The maximum Gasteiger partial charge on any atom is 0.437 e. The number of amides is 1. The van der Waals surface area contributed by atoms with Crippen LogP contribution in [0.4, 0.5) is 30.7 Å². The Hall–Kier alpha value is -5.07. The predicted molar refractivity (Wildman–Crippen MR) is 173 cm³/mol. The first-order valence-electron chi connectivity index (χ1n) is 15.9. The first-order valence-corrected chi connectivity index (χ1v) is 15.9. The van der Waals surface area contributed by atoms with E-state index in [0.717, 1.165) is 38.8 Å². The molecule has 4 aromatic rings. The summed E-state index contributed by atoms with van der Waals surface area (Å²) in [6.07, 6.45) is -0.292. The van der Waals surface area contributed by atoms with Crippen molar-refractivity contribution < 1.29 is 36.7 Å². The second-order valence-corrected chi connectivity index (χ2v) is 12.0. The number of methoxy groups -OCH3 is 1. The van der Waals surface area contributed by atoms with E-state index < -0.39 is 29.5 Å². The Balaban J connectivity index is 1.02. The number of benzene rings is 2. The zero-order valence-electron chi connectivity index (χ0n) is 26.4. The van der Waals surface area contributed by atoms with E-state index in [9.17, 15) is 22.8 Å². The number of aromatic nitrogens is 2. The quantitative estimate of drug-likeness (QED) is 0.193. The van der Waals surface area contributed by atoms with Gasteiger partial charge in [-0.25, -0.2) is 9.78 Å². The third kappa shape index (κ3) is 7.72. The number of nitrogens with zero attached hydrogens (tertiary/aromatic N) is 4. The molecule has 6 rings (SSSR count). The summed E-state index contributed by atoms with van der Waals surface area (Å²) >= 11 is 0. The van der Waals surface area contributed by atoms with Crippen LogP contribution in [0.2, 0.25) is 0 Å².